The molecule has 1 N–H and O–H groups in total. The Bertz CT molecular complexity index is 466. The quantitative estimate of drug-likeness (QED) is 0.849. The van der Waals surface area contributed by atoms with Crippen LogP contribution < -0.4 is 10.1 Å². The molecule has 0 amide bonds. The summed E-state index contributed by atoms with van der Waals surface area (Å²) in [6.45, 7) is 6.00. The summed E-state index contributed by atoms with van der Waals surface area (Å²) in [7, 11) is 1.75. The Morgan fingerprint density at radius 1 is 1.26 bits per heavy atom. The smallest absolute Gasteiger partial charge is 0.119 e. The van der Waals surface area contributed by atoms with Crippen LogP contribution in [0.1, 0.15) is 51.0 Å². The van der Waals surface area contributed by atoms with E-state index in [-0.39, 0.29) is 0 Å². The first kappa shape index (κ1) is 12.8. The van der Waals surface area contributed by atoms with Gasteiger partial charge in [-0.1, -0.05) is 26.7 Å². The molecule has 2 atom stereocenters. The number of benzene rings is 1. The van der Waals surface area contributed by atoms with Gasteiger partial charge in [-0.15, -0.1) is 0 Å². The molecule has 2 heteroatoms. The summed E-state index contributed by atoms with van der Waals surface area (Å²) < 4.78 is 5.40. The lowest BCUT2D eigenvalue weighted by Gasteiger charge is -2.42. The average molecular weight is 259 g/mol. The number of anilines is 1. The van der Waals surface area contributed by atoms with Crippen molar-refractivity contribution < 1.29 is 4.74 Å². The van der Waals surface area contributed by atoms with E-state index in [2.05, 4.69) is 37.4 Å². The van der Waals surface area contributed by atoms with Gasteiger partial charge >= 0.3 is 0 Å². The molecular weight excluding hydrogens is 234 g/mol. The van der Waals surface area contributed by atoms with Gasteiger partial charge in [0.05, 0.1) is 7.11 Å². The summed E-state index contributed by atoms with van der Waals surface area (Å²) in [5.41, 5.74) is 3.25. The molecule has 1 aromatic rings. The summed E-state index contributed by atoms with van der Waals surface area (Å²) in [5, 5.41) is 3.58. The molecule has 19 heavy (non-hydrogen) atoms. The molecule has 0 radical (unpaired) electrons. The molecule has 104 valence electrons. The van der Waals surface area contributed by atoms with Crippen LogP contribution in [0.25, 0.3) is 0 Å². The molecule has 0 saturated heterocycles. The second-order valence-corrected chi connectivity index (χ2v) is 6.78. The molecule has 2 aliphatic rings. The maximum atomic E-state index is 5.40. The van der Waals surface area contributed by atoms with Crippen molar-refractivity contribution in [1.29, 1.82) is 0 Å². The van der Waals surface area contributed by atoms with Crippen molar-refractivity contribution in [3.63, 3.8) is 0 Å². The van der Waals surface area contributed by atoms with Gasteiger partial charge in [-0.2, -0.15) is 0 Å². The molecule has 3 rings (SSSR count). The SMILES string of the molecule is COc1ccc2c(c1)C(C1CCCCC1(C)C)CN2. The lowest BCUT2D eigenvalue weighted by molar-refractivity contribution is 0.116. The van der Waals surface area contributed by atoms with E-state index in [1.165, 1.54) is 36.9 Å². The monoisotopic (exact) mass is 259 g/mol. The highest BCUT2D eigenvalue weighted by molar-refractivity contribution is 5.60. The zero-order chi connectivity index (χ0) is 13.5. The van der Waals surface area contributed by atoms with E-state index in [0.29, 0.717) is 11.3 Å². The lowest BCUT2D eigenvalue weighted by atomic mass is 9.63. The Morgan fingerprint density at radius 3 is 2.84 bits per heavy atom. The van der Waals surface area contributed by atoms with Gasteiger partial charge in [0.25, 0.3) is 0 Å². The normalized spacial score (nSPS) is 28.6. The Morgan fingerprint density at radius 2 is 2.11 bits per heavy atom. The highest BCUT2D eigenvalue weighted by Crippen LogP contribution is 2.51. The highest BCUT2D eigenvalue weighted by Gasteiger charge is 2.40. The molecule has 0 spiro atoms. The largest absolute Gasteiger partial charge is 0.497 e. The topological polar surface area (TPSA) is 21.3 Å². The first-order valence-corrected chi connectivity index (χ1v) is 7.53. The third-order valence-corrected chi connectivity index (χ3v) is 5.25. The van der Waals surface area contributed by atoms with Crippen LogP contribution in [-0.4, -0.2) is 13.7 Å². The minimum Gasteiger partial charge on any atom is -0.497 e. The van der Waals surface area contributed by atoms with Crippen LogP contribution in [0.3, 0.4) is 0 Å². The van der Waals surface area contributed by atoms with Gasteiger partial charge in [-0.05, 0) is 47.9 Å². The van der Waals surface area contributed by atoms with Gasteiger partial charge in [-0.25, -0.2) is 0 Å². The number of ether oxygens (including phenoxy) is 1. The molecular formula is C17H25NO. The summed E-state index contributed by atoms with van der Waals surface area (Å²) >= 11 is 0. The summed E-state index contributed by atoms with van der Waals surface area (Å²) in [4.78, 5) is 0. The first-order valence-electron chi connectivity index (χ1n) is 7.53. The highest BCUT2D eigenvalue weighted by atomic mass is 16.5. The second-order valence-electron chi connectivity index (χ2n) is 6.78. The fourth-order valence-electron chi connectivity index (χ4n) is 4.09. The van der Waals surface area contributed by atoms with E-state index in [9.17, 15) is 0 Å². The Labute approximate surface area is 116 Å². The zero-order valence-electron chi connectivity index (χ0n) is 12.3. The van der Waals surface area contributed by atoms with Gasteiger partial charge in [0.15, 0.2) is 0 Å². The van der Waals surface area contributed by atoms with Crippen molar-refractivity contribution in [1.82, 2.24) is 0 Å². The Balaban J connectivity index is 1.92. The molecule has 0 aromatic heterocycles. The van der Waals surface area contributed by atoms with Crippen LogP contribution in [0.4, 0.5) is 5.69 Å². The van der Waals surface area contributed by atoms with E-state index < -0.39 is 0 Å². The van der Waals surface area contributed by atoms with Crippen molar-refractivity contribution in [2.24, 2.45) is 11.3 Å². The molecule has 1 fully saturated rings. The molecule has 0 bridgehead atoms. The number of fused-ring (bicyclic) bond motifs is 1. The van der Waals surface area contributed by atoms with Crippen molar-refractivity contribution in [2.75, 3.05) is 19.0 Å². The third-order valence-electron chi connectivity index (χ3n) is 5.25. The van der Waals surface area contributed by atoms with E-state index in [0.717, 1.165) is 18.2 Å². The van der Waals surface area contributed by atoms with Gasteiger partial charge in [0, 0.05) is 18.2 Å². The first-order chi connectivity index (χ1) is 9.12. The predicted octanol–water partition coefficient (Wildman–Crippen LogP) is 4.42. The van der Waals surface area contributed by atoms with Crippen LogP contribution in [0.5, 0.6) is 5.75 Å². The van der Waals surface area contributed by atoms with E-state index in [4.69, 9.17) is 4.74 Å². The van der Waals surface area contributed by atoms with Crippen LogP contribution in [0, 0.1) is 11.3 Å². The fraction of sp³-hybridized carbons (Fsp3) is 0.647. The molecule has 1 aliphatic carbocycles. The summed E-state index contributed by atoms with van der Waals surface area (Å²) in [5.74, 6) is 2.43. The van der Waals surface area contributed by atoms with Gasteiger partial charge in [-0.3, -0.25) is 0 Å². The van der Waals surface area contributed by atoms with Crippen molar-refractivity contribution in [2.45, 2.75) is 45.4 Å². The van der Waals surface area contributed by atoms with Gasteiger partial charge in [0.1, 0.15) is 5.75 Å². The third kappa shape index (κ3) is 2.22. The molecule has 2 nitrogen and oxygen atoms in total. The summed E-state index contributed by atoms with van der Waals surface area (Å²) in [6, 6.07) is 6.47. The van der Waals surface area contributed by atoms with Gasteiger partial charge in [0.2, 0.25) is 0 Å². The van der Waals surface area contributed by atoms with Crippen molar-refractivity contribution in [3.05, 3.63) is 23.8 Å². The van der Waals surface area contributed by atoms with Crippen molar-refractivity contribution >= 4 is 5.69 Å². The molecule has 1 aliphatic heterocycles. The van der Waals surface area contributed by atoms with Crippen molar-refractivity contribution in [3.8, 4) is 5.75 Å². The number of hydrogen-bond acceptors (Lipinski definition) is 2. The number of rotatable bonds is 2. The number of hydrogen-bond donors (Lipinski definition) is 1. The minimum atomic E-state index is 0.468. The van der Waals surface area contributed by atoms with Crippen LogP contribution in [-0.2, 0) is 0 Å². The predicted molar refractivity (Wildman–Crippen MR) is 80.0 cm³/mol. The lowest BCUT2D eigenvalue weighted by Crippen LogP contribution is -2.33. The van der Waals surface area contributed by atoms with Crippen LogP contribution >= 0.6 is 0 Å². The molecule has 1 saturated carbocycles. The zero-order valence-corrected chi connectivity index (χ0v) is 12.3. The van der Waals surface area contributed by atoms with E-state index >= 15 is 0 Å². The maximum Gasteiger partial charge on any atom is 0.119 e. The minimum absolute atomic E-state index is 0.468. The van der Waals surface area contributed by atoms with Crippen LogP contribution in [0.15, 0.2) is 18.2 Å². The second kappa shape index (κ2) is 4.73. The molecule has 1 aromatic carbocycles. The molecule has 2 unspecified atom stereocenters. The maximum absolute atomic E-state index is 5.40. The van der Waals surface area contributed by atoms with Gasteiger partial charge < -0.3 is 10.1 Å². The summed E-state index contributed by atoms with van der Waals surface area (Å²) in [6.07, 6.45) is 5.53. The van der Waals surface area contributed by atoms with E-state index in [1.807, 2.05) is 0 Å². The fourth-order valence-corrected chi connectivity index (χ4v) is 4.09. The molecule has 1 heterocycles. The average Bonchev–Trinajstić information content (AvgIpc) is 2.81. The Kier molecular flexibility index (Phi) is 3.20. The van der Waals surface area contributed by atoms with Crippen LogP contribution in [0.2, 0.25) is 0 Å². The Hall–Kier alpha value is -1.18. The standard InChI is InChI=1S/C17H25NO/c1-17(2)9-5-4-6-15(17)14-11-18-16-8-7-12(19-3)10-13(14)16/h7-8,10,14-15,18H,4-6,9,11H2,1-3H3. The number of methoxy groups -OCH3 is 1. The number of nitrogens with one attached hydrogen (secondary N) is 1. The van der Waals surface area contributed by atoms with E-state index in [1.54, 1.807) is 7.11 Å².